The molecule has 2 aromatic heterocycles. The number of anilines is 1. The third-order valence-corrected chi connectivity index (χ3v) is 4.62. The summed E-state index contributed by atoms with van der Waals surface area (Å²) in [5.41, 5.74) is 0.244. The summed E-state index contributed by atoms with van der Waals surface area (Å²) in [5, 5.41) is 22.4. The molecule has 0 radical (unpaired) electrons. The van der Waals surface area contributed by atoms with Crippen LogP contribution in [0.15, 0.2) is 11.4 Å². The number of carbonyl (C=O) groups is 1. The Bertz CT molecular complexity index is 740. The molecular formula is C13H17ClN6O3S. The molecule has 0 atom stereocenters. The second kappa shape index (κ2) is 7.69. The van der Waals surface area contributed by atoms with Crippen LogP contribution in [-0.2, 0) is 7.05 Å². The molecule has 9 nitrogen and oxygen atoms in total. The zero-order chi connectivity index (χ0) is 16.4. The van der Waals surface area contributed by atoms with Crippen LogP contribution in [0.25, 0.3) is 0 Å². The van der Waals surface area contributed by atoms with Gasteiger partial charge in [0.05, 0.1) is 10.5 Å². The average molecular weight is 373 g/mol. The van der Waals surface area contributed by atoms with Crippen LogP contribution in [0.3, 0.4) is 0 Å². The summed E-state index contributed by atoms with van der Waals surface area (Å²) in [4.78, 5) is 26.7. The highest BCUT2D eigenvalue weighted by Gasteiger charge is 2.22. The molecule has 1 amide bonds. The minimum absolute atomic E-state index is 0. The van der Waals surface area contributed by atoms with Crippen LogP contribution in [-0.4, -0.2) is 38.7 Å². The fourth-order valence-electron chi connectivity index (χ4n) is 2.48. The third-order valence-electron chi connectivity index (χ3n) is 3.74. The SMILES string of the molecule is Cl.Cn1nc(C2CCNCC2)nc1NC(=O)c1csc([N+](=O)[O-])c1. The molecule has 2 aromatic rings. The van der Waals surface area contributed by atoms with Crippen LogP contribution < -0.4 is 10.6 Å². The quantitative estimate of drug-likeness (QED) is 0.625. The van der Waals surface area contributed by atoms with E-state index in [4.69, 9.17) is 0 Å². The van der Waals surface area contributed by atoms with Crippen LogP contribution in [0.5, 0.6) is 0 Å². The van der Waals surface area contributed by atoms with Gasteiger partial charge < -0.3 is 5.32 Å². The fourth-order valence-corrected chi connectivity index (χ4v) is 3.18. The minimum atomic E-state index is -0.515. The zero-order valence-corrected chi connectivity index (χ0v) is 14.5. The first kappa shape index (κ1) is 18.3. The summed E-state index contributed by atoms with van der Waals surface area (Å²) in [6.07, 6.45) is 1.93. The van der Waals surface area contributed by atoms with Gasteiger partial charge in [-0.2, -0.15) is 10.1 Å². The summed E-state index contributed by atoms with van der Waals surface area (Å²) in [7, 11) is 1.71. The highest BCUT2D eigenvalue weighted by Crippen LogP contribution is 2.25. The standard InChI is InChI=1S/C13H16N6O3S.ClH/c1-18-13(15-11(17-18)8-2-4-14-5-3-8)16-12(20)9-6-10(19(21)22)23-7-9;/h6-8,14H,2-5H2,1H3,(H,15,16,17,20);1H. The molecule has 0 aromatic carbocycles. The van der Waals surface area contributed by atoms with Gasteiger partial charge in [0.1, 0.15) is 0 Å². The Labute approximate surface area is 148 Å². The number of hydrogen-bond acceptors (Lipinski definition) is 7. The summed E-state index contributed by atoms with van der Waals surface area (Å²) in [5.74, 6) is 0.926. The molecule has 24 heavy (non-hydrogen) atoms. The maximum absolute atomic E-state index is 12.2. The van der Waals surface area contributed by atoms with Gasteiger partial charge >= 0.3 is 5.00 Å². The number of amides is 1. The highest BCUT2D eigenvalue weighted by atomic mass is 35.5. The van der Waals surface area contributed by atoms with E-state index in [1.54, 1.807) is 7.05 Å². The van der Waals surface area contributed by atoms with Crippen molar-refractivity contribution in [2.24, 2.45) is 7.05 Å². The van der Waals surface area contributed by atoms with E-state index in [1.807, 2.05) is 0 Å². The van der Waals surface area contributed by atoms with Gasteiger partial charge in [-0.1, -0.05) is 11.3 Å². The molecule has 1 fully saturated rings. The molecule has 0 unspecified atom stereocenters. The summed E-state index contributed by atoms with van der Waals surface area (Å²) in [6, 6.07) is 1.25. The first-order valence-corrected chi connectivity index (χ1v) is 8.08. The fraction of sp³-hybridized carbons (Fsp3) is 0.462. The number of halogens is 1. The van der Waals surface area contributed by atoms with Crippen molar-refractivity contribution in [2.45, 2.75) is 18.8 Å². The number of aromatic nitrogens is 3. The smallest absolute Gasteiger partial charge is 0.317 e. The predicted molar refractivity (Wildman–Crippen MR) is 92.0 cm³/mol. The first-order chi connectivity index (χ1) is 11.0. The summed E-state index contributed by atoms with van der Waals surface area (Å²) in [6.45, 7) is 1.87. The number of nitrogens with zero attached hydrogens (tertiary/aromatic N) is 4. The Balaban J connectivity index is 0.00000208. The highest BCUT2D eigenvalue weighted by molar-refractivity contribution is 7.13. The van der Waals surface area contributed by atoms with Gasteiger partial charge in [0.25, 0.3) is 5.91 Å². The minimum Gasteiger partial charge on any atom is -0.317 e. The van der Waals surface area contributed by atoms with Crippen LogP contribution >= 0.6 is 23.7 Å². The number of thiophene rings is 1. The molecule has 1 saturated heterocycles. The molecule has 1 aliphatic heterocycles. The van der Waals surface area contributed by atoms with Crippen molar-refractivity contribution in [3.63, 3.8) is 0 Å². The zero-order valence-electron chi connectivity index (χ0n) is 12.9. The second-order valence-corrected chi connectivity index (χ2v) is 6.22. The molecule has 130 valence electrons. The van der Waals surface area contributed by atoms with Gasteiger partial charge in [-0.25, -0.2) is 4.68 Å². The molecule has 0 aliphatic carbocycles. The van der Waals surface area contributed by atoms with E-state index in [2.05, 4.69) is 20.7 Å². The van der Waals surface area contributed by atoms with Crippen LogP contribution in [0.1, 0.15) is 34.9 Å². The van der Waals surface area contributed by atoms with Crippen molar-refractivity contribution in [1.82, 2.24) is 20.1 Å². The largest absolute Gasteiger partial charge is 0.324 e. The molecule has 0 bridgehead atoms. The maximum Gasteiger partial charge on any atom is 0.324 e. The van der Waals surface area contributed by atoms with Crippen LogP contribution in [0.2, 0.25) is 0 Å². The first-order valence-electron chi connectivity index (χ1n) is 7.20. The molecule has 0 saturated carbocycles. The Hall–Kier alpha value is -2.04. The molecular weight excluding hydrogens is 356 g/mol. The van der Waals surface area contributed by atoms with E-state index in [1.165, 1.54) is 16.1 Å². The Kier molecular flexibility index (Phi) is 5.86. The topological polar surface area (TPSA) is 115 Å². The number of nitrogens with one attached hydrogen (secondary N) is 2. The van der Waals surface area contributed by atoms with Crippen LogP contribution in [0, 0.1) is 10.1 Å². The van der Waals surface area contributed by atoms with Crippen molar-refractivity contribution in [1.29, 1.82) is 0 Å². The van der Waals surface area contributed by atoms with Crippen LogP contribution in [0.4, 0.5) is 10.9 Å². The van der Waals surface area contributed by atoms with Crippen molar-refractivity contribution < 1.29 is 9.72 Å². The number of hydrogen-bond donors (Lipinski definition) is 2. The lowest BCUT2D eigenvalue weighted by molar-refractivity contribution is -0.380. The van der Waals surface area contributed by atoms with Crippen molar-refractivity contribution in [2.75, 3.05) is 18.4 Å². The number of piperidine rings is 1. The Morgan fingerprint density at radius 3 is 2.83 bits per heavy atom. The lowest BCUT2D eigenvalue weighted by atomic mass is 9.98. The van der Waals surface area contributed by atoms with E-state index < -0.39 is 10.8 Å². The second-order valence-electron chi connectivity index (χ2n) is 5.33. The van der Waals surface area contributed by atoms with Gasteiger partial charge in [-0.15, -0.1) is 12.4 Å². The van der Waals surface area contributed by atoms with E-state index in [0.717, 1.165) is 43.1 Å². The molecule has 0 spiro atoms. The molecule has 2 N–H and O–H groups in total. The Morgan fingerprint density at radius 1 is 1.50 bits per heavy atom. The predicted octanol–water partition coefficient (Wildman–Crippen LogP) is 1.93. The van der Waals surface area contributed by atoms with Crippen molar-refractivity contribution in [3.05, 3.63) is 32.9 Å². The van der Waals surface area contributed by atoms with Crippen molar-refractivity contribution >= 4 is 40.6 Å². The van der Waals surface area contributed by atoms with Crippen molar-refractivity contribution in [3.8, 4) is 0 Å². The lowest BCUT2D eigenvalue weighted by Crippen LogP contribution is -2.27. The van der Waals surface area contributed by atoms with E-state index in [9.17, 15) is 14.9 Å². The monoisotopic (exact) mass is 372 g/mol. The van der Waals surface area contributed by atoms with Gasteiger partial charge in [0, 0.05) is 24.4 Å². The molecule has 11 heteroatoms. The number of rotatable bonds is 4. The number of aryl methyl sites for hydroxylation is 1. The number of carbonyl (C=O) groups excluding carboxylic acids is 1. The van der Waals surface area contributed by atoms with Gasteiger partial charge in [0.15, 0.2) is 5.82 Å². The number of nitro groups is 1. The van der Waals surface area contributed by atoms with E-state index >= 15 is 0 Å². The maximum atomic E-state index is 12.2. The normalized spacial score (nSPS) is 14.9. The van der Waals surface area contributed by atoms with Gasteiger partial charge in [-0.05, 0) is 25.9 Å². The lowest BCUT2D eigenvalue weighted by Gasteiger charge is -2.19. The van der Waals surface area contributed by atoms with E-state index in [-0.39, 0.29) is 28.9 Å². The average Bonchev–Trinajstić information content (AvgIpc) is 3.16. The summed E-state index contributed by atoms with van der Waals surface area (Å²) < 4.78 is 1.52. The third kappa shape index (κ3) is 3.89. The molecule has 3 heterocycles. The van der Waals surface area contributed by atoms with Gasteiger partial charge in [-0.3, -0.25) is 20.2 Å². The molecule has 3 rings (SSSR count). The van der Waals surface area contributed by atoms with E-state index in [0.29, 0.717) is 5.95 Å². The Morgan fingerprint density at radius 2 is 2.21 bits per heavy atom. The molecule has 1 aliphatic rings. The summed E-state index contributed by atoms with van der Waals surface area (Å²) >= 11 is 0.919. The van der Waals surface area contributed by atoms with Gasteiger partial charge in [0.2, 0.25) is 5.95 Å².